The Morgan fingerprint density at radius 3 is 2.30 bits per heavy atom. The van der Waals surface area contributed by atoms with Gasteiger partial charge in [-0.05, 0) is 49.6 Å². The van der Waals surface area contributed by atoms with Crippen molar-refractivity contribution in [2.24, 2.45) is 10.7 Å². The summed E-state index contributed by atoms with van der Waals surface area (Å²) < 4.78 is 5.52. The van der Waals surface area contributed by atoms with E-state index in [1.54, 1.807) is 0 Å². The fraction of sp³-hybridized carbons (Fsp3) is 0.409. The number of guanidine groups is 1. The predicted octanol–water partition coefficient (Wildman–Crippen LogP) is 3.41. The van der Waals surface area contributed by atoms with Crippen molar-refractivity contribution in [3.8, 4) is 0 Å². The highest BCUT2D eigenvalue weighted by molar-refractivity contribution is 5.92. The van der Waals surface area contributed by atoms with Gasteiger partial charge in [-0.2, -0.15) is 0 Å². The highest BCUT2D eigenvalue weighted by Crippen LogP contribution is 2.23. The zero-order chi connectivity index (χ0) is 19.2. The fourth-order valence-electron chi connectivity index (χ4n) is 3.53. The van der Waals surface area contributed by atoms with Crippen LogP contribution in [0.5, 0.6) is 0 Å². The van der Waals surface area contributed by atoms with Gasteiger partial charge in [-0.3, -0.25) is 9.89 Å². The summed E-state index contributed by atoms with van der Waals surface area (Å²) in [6, 6.07) is 15.2. The van der Waals surface area contributed by atoms with Crippen molar-refractivity contribution in [3.63, 3.8) is 0 Å². The van der Waals surface area contributed by atoms with Crippen LogP contribution in [0, 0.1) is 20.8 Å². The number of nitrogens with zero attached hydrogens (tertiary/aromatic N) is 2. The number of ether oxygens (including phenoxy) is 1. The van der Waals surface area contributed by atoms with Crippen LogP contribution in [-0.2, 0) is 4.74 Å². The van der Waals surface area contributed by atoms with Crippen molar-refractivity contribution in [3.05, 3.63) is 64.7 Å². The maximum atomic E-state index is 6.18. The topological polar surface area (TPSA) is 62.9 Å². The number of nitrogens with two attached hydrogens (primary N) is 1. The number of aliphatic imine (C=N–C) groups is 1. The molecule has 3 N–H and O–H groups in total. The van der Waals surface area contributed by atoms with Gasteiger partial charge in [0.25, 0.3) is 0 Å². The van der Waals surface area contributed by atoms with Crippen LogP contribution in [0.2, 0.25) is 0 Å². The summed E-state index contributed by atoms with van der Waals surface area (Å²) >= 11 is 0. The second-order valence-corrected chi connectivity index (χ2v) is 7.30. The standard InChI is InChI=1S/C22H30N4O/c1-16-4-6-19(7-5-16)21(26-8-10-27-11-9-26)15-24-22(23)25-20-13-17(2)12-18(3)14-20/h4-7,12-14,21H,8-11,15H2,1-3H3,(H3,23,24,25). The molecule has 1 heterocycles. The number of hydrogen-bond donors (Lipinski definition) is 2. The van der Waals surface area contributed by atoms with Gasteiger partial charge in [-0.25, -0.2) is 0 Å². The van der Waals surface area contributed by atoms with Gasteiger partial charge >= 0.3 is 0 Å². The zero-order valence-electron chi connectivity index (χ0n) is 16.5. The average molecular weight is 367 g/mol. The lowest BCUT2D eigenvalue weighted by atomic mass is 10.0. The molecule has 0 aliphatic carbocycles. The quantitative estimate of drug-likeness (QED) is 0.629. The third-order valence-corrected chi connectivity index (χ3v) is 4.88. The van der Waals surface area contributed by atoms with Crippen LogP contribution in [0.1, 0.15) is 28.3 Å². The van der Waals surface area contributed by atoms with E-state index in [4.69, 9.17) is 10.5 Å². The number of aryl methyl sites for hydroxylation is 3. The molecule has 0 amide bonds. The van der Waals surface area contributed by atoms with Crippen LogP contribution in [0.15, 0.2) is 47.5 Å². The van der Waals surface area contributed by atoms with E-state index in [1.807, 2.05) is 0 Å². The summed E-state index contributed by atoms with van der Waals surface area (Å²) in [4.78, 5) is 7.09. The Kier molecular flexibility index (Phi) is 6.48. The smallest absolute Gasteiger partial charge is 0.193 e. The molecule has 1 unspecified atom stereocenters. The number of hydrogen-bond acceptors (Lipinski definition) is 3. The molecule has 0 spiro atoms. The Morgan fingerprint density at radius 2 is 1.67 bits per heavy atom. The third-order valence-electron chi connectivity index (χ3n) is 4.88. The first-order valence-corrected chi connectivity index (χ1v) is 9.55. The minimum Gasteiger partial charge on any atom is -0.379 e. The van der Waals surface area contributed by atoms with Crippen LogP contribution in [0.4, 0.5) is 5.69 Å². The van der Waals surface area contributed by atoms with E-state index >= 15 is 0 Å². The number of anilines is 1. The number of nitrogens with one attached hydrogen (secondary N) is 1. The number of morpholine rings is 1. The molecule has 0 saturated carbocycles. The molecule has 2 aromatic rings. The fourth-order valence-corrected chi connectivity index (χ4v) is 3.53. The van der Waals surface area contributed by atoms with Crippen molar-refractivity contribution < 1.29 is 4.74 Å². The first-order chi connectivity index (χ1) is 13.0. The maximum absolute atomic E-state index is 6.18. The van der Waals surface area contributed by atoms with Crippen LogP contribution >= 0.6 is 0 Å². The molecule has 0 aromatic heterocycles. The molecule has 0 radical (unpaired) electrons. The predicted molar refractivity (Wildman–Crippen MR) is 112 cm³/mol. The monoisotopic (exact) mass is 366 g/mol. The van der Waals surface area contributed by atoms with Gasteiger partial charge in [0.15, 0.2) is 5.96 Å². The molecular formula is C22H30N4O. The first kappa shape index (κ1) is 19.4. The lowest BCUT2D eigenvalue weighted by Gasteiger charge is -2.34. The summed E-state index contributed by atoms with van der Waals surface area (Å²) in [6.45, 7) is 10.3. The van der Waals surface area contributed by atoms with E-state index in [1.165, 1.54) is 22.3 Å². The maximum Gasteiger partial charge on any atom is 0.193 e. The summed E-state index contributed by atoms with van der Waals surface area (Å²) in [5.41, 5.74) is 12.1. The molecule has 1 atom stereocenters. The molecule has 144 valence electrons. The highest BCUT2D eigenvalue weighted by atomic mass is 16.5. The largest absolute Gasteiger partial charge is 0.379 e. The van der Waals surface area contributed by atoms with E-state index in [-0.39, 0.29) is 6.04 Å². The van der Waals surface area contributed by atoms with Gasteiger partial charge in [0.1, 0.15) is 0 Å². The van der Waals surface area contributed by atoms with Crippen LogP contribution in [0.25, 0.3) is 0 Å². The lowest BCUT2D eigenvalue weighted by Crippen LogP contribution is -2.40. The van der Waals surface area contributed by atoms with Crippen molar-refractivity contribution in [2.75, 3.05) is 38.2 Å². The van der Waals surface area contributed by atoms with Gasteiger partial charge in [-0.15, -0.1) is 0 Å². The van der Waals surface area contributed by atoms with Crippen LogP contribution < -0.4 is 11.1 Å². The van der Waals surface area contributed by atoms with E-state index < -0.39 is 0 Å². The molecule has 1 aliphatic rings. The highest BCUT2D eigenvalue weighted by Gasteiger charge is 2.22. The van der Waals surface area contributed by atoms with Crippen molar-refractivity contribution in [1.82, 2.24) is 4.90 Å². The molecule has 2 aromatic carbocycles. The van der Waals surface area contributed by atoms with Crippen LogP contribution in [0.3, 0.4) is 0 Å². The average Bonchev–Trinajstić information content (AvgIpc) is 2.63. The summed E-state index contributed by atoms with van der Waals surface area (Å²) in [7, 11) is 0. The van der Waals surface area contributed by atoms with E-state index in [9.17, 15) is 0 Å². The van der Waals surface area contributed by atoms with Crippen molar-refractivity contribution in [1.29, 1.82) is 0 Å². The van der Waals surface area contributed by atoms with Gasteiger partial charge in [0.2, 0.25) is 0 Å². The van der Waals surface area contributed by atoms with Gasteiger partial charge < -0.3 is 15.8 Å². The zero-order valence-corrected chi connectivity index (χ0v) is 16.5. The second-order valence-electron chi connectivity index (χ2n) is 7.30. The number of rotatable bonds is 5. The number of benzene rings is 2. The van der Waals surface area contributed by atoms with Gasteiger partial charge in [0.05, 0.1) is 25.8 Å². The Balaban J connectivity index is 1.74. The molecule has 0 bridgehead atoms. The summed E-state index contributed by atoms with van der Waals surface area (Å²) in [5.74, 6) is 0.449. The van der Waals surface area contributed by atoms with Crippen molar-refractivity contribution in [2.45, 2.75) is 26.8 Å². The van der Waals surface area contributed by atoms with E-state index in [0.29, 0.717) is 12.5 Å². The molecule has 27 heavy (non-hydrogen) atoms. The summed E-state index contributed by atoms with van der Waals surface area (Å²) in [6.07, 6.45) is 0. The van der Waals surface area contributed by atoms with E-state index in [2.05, 4.69) is 78.4 Å². The molecule has 1 saturated heterocycles. The third kappa shape index (κ3) is 5.55. The Bertz CT molecular complexity index is 759. The van der Waals surface area contributed by atoms with Crippen LogP contribution in [-0.4, -0.2) is 43.7 Å². The molecule has 3 rings (SSSR count). The molecule has 5 heteroatoms. The minimum atomic E-state index is 0.203. The van der Waals surface area contributed by atoms with Gasteiger partial charge in [-0.1, -0.05) is 35.9 Å². The normalized spacial score (nSPS) is 16.9. The molecular weight excluding hydrogens is 336 g/mol. The summed E-state index contributed by atoms with van der Waals surface area (Å²) in [5, 5.41) is 3.23. The second kappa shape index (κ2) is 9.02. The molecule has 1 aliphatic heterocycles. The Morgan fingerprint density at radius 1 is 1.04 bits per heavy atom. The SMILES string of the molecule is Cc1ccc(C(CN=C(N)Nc2cc(C)cc(C)c2)N2CCOCC2)cc1. The Labute approximate surface area is 162 Å². The molecule has 5 nitrogen and oxygen atoms in total. The molecule has 1 fully saturated rings. The first-order valence-electron chi connectivity index (χ1n) is 9.55. The van der Waals surface area contributed by atoms with E-state index in [0.717, 1.165) is 32.0 Å². The lowest BCUT2D eigenvalue weighted by molar-refractivity contribution is 0.0180. The van der Waals surface area contributed by atoms with Gasteiger partial charge in [0, 0.05) is 18.8 Å². The Hall–Kier alpha value is -2.37. The minimum absolute atomic E-state index is 0.203. The van der Waals surface area contributed by atoms with Crippen molar-refractivity contribution >= 4 is 11.6 Å².